The Labute approximate surface area is 131 Å². The lowest BCUT2D eigenvalue weighted by atomic mass is 10.1. The van der Waals surface area contributed by atoms with E-state index < -0.39 is 0 Å². The van der Waals surface area contributed by atoms with Gasteiger partial charge in [-0.3, -0.25) is 4.79 Å². The second-order valence-corrected chi connectivity index (χ2v) is 5.47. The molecule has 6 heteroatoms. The minimum atomic E-state index is -0.350. The number of nitrogens with zero attached hydrogens (tertiary/aromatic N) is 1. The number of aliphatic hydroxyl groups excluding tert-OH is 1. The molecule has 0 bridgehead atoms. The topological polar surface area (TPSA) is 66.0 Å². The number of aryl methyl sites for hydroxylation is 1. The first kappa shape index (κ1) is 16.3. The summed E-state index contributed by atoms with van der Waals surface area (Å²) < 4.78 is 13.3. The third kappa shape index (κ3) is 3.23. The highest BCUT2D eigenvalue weighted by atomic mass is 32.1. The van der Waals surface area contributed by atoms with Crippen LogP contribution in [0, 0.1) is 5.82 Å². The van der Waals surface area contributed by atoms with Gasteiger partial charge in [0.1, 0.15) is 5.82 Å². The number of nitrogens with one attached hydrogen (secondary N) is 1. The third-order valence-electron chi connectivity index (χ3n) is 3.14. The summed E-state index contributed by atoms with van der Waals surface area (Å²) in [5.41, 5.74) is 2.16. The molecule has 3 aromatic rings. The Morgan fingerprint density at radius 3 is 2.91 bits per heavy atom. The van der Waals surface area contributed by atoms with E-state index in [9.17, 15) is 9.18 Å². The zero-order chi connectivity index (χ0) is 16.1. The van der Waals surface area contributed by atoms with Gasteiger partial charge in [0, 0.05) is 29.6 Å². The fourth-order valence-electron chi connectivity index (χ4n) is 2.18. The van der Waals surface area contributed by atoms with Crippen LogP contribution in [0.4, 0.5) is 4.39 Å². The minimum absolute atomic E-state index is 0.158. The summed E-state index contributed by atoms with van der Waals surface area (Å²) in [5.74, 6) is -0.508. The van der Waals surface area contributed by atoms with Gasteiger partial charge in [-0.2, -0.15) is 0 Å². The maximum absolute atomic E-state index is 13.3. The summed E-state index contributed by atoms with van der Waals surface area (Å²) in [6.45, 7) is 2.07. The Kier molecular flexibility index (Phi) is 5.41. The van der Waals surface area contributed by atoms with Gasteiger partial charge >= 0.3 is 0 Å². The molecule has 116 valence electrons. The molecule has 2 N–H and O–H groups in total. The first-order valence-corrected chi connectivity index (χ1v) is 7.77. The van der Waals surface area contributed by atoms with Crippen molar-refractivity contribution in [3.05, 3.63) is 51.9 Å². The number of ketones is 1. The van der Waals surface area contributed by atoms with E-state index in [1.807, 2.05) is 5.38 Å². The molecule has 0 amide bonds. The fraction of sp³-hybridized carbons (Fsp3) is 0.250. The SMILES string of the molecule is CCCc1csc(C(=O)c2c[nH]c3ccc(F)cc23)n1.CO. The van der Waals surface area contributed by atoms with Crippen molar-refractivity contribution in [1.29, 1.82) is 0 Å². The number of aliphatic hydroxyl groups is 1. The molecule has 3 rings (SSSR count). The molecule has 2 aromatic heterocycles. The average molecular weight is 320 g/mol. The monoisotopic (exact) mass is 320 g/mol. The Bertz CT molecular complexity index is 779. The molecular weight excluding hydrogens is 303 g/mol. The van der Waals surface area contributed by atoms with Gasteiger partial charge in [-0.25, -0.2) is 9.37 Å². The van der Waals surface area contributed by atoms with Gasteiger partial charge in [0.05, 0.1) is 11.3 Å². The third-order valence-corrected chi connectivity index (χ3v) is 4.03. The number of H-pyrrole nitrogens is 1. The molecule has 22 heavy (non-hydrogen) atoms. The van der Waals surface area contributed by atoms with Crippen LogP contribution in [0.25, 0.3) is 10.9 Å². The number of thiazole rings is 1. The molecule has 1 aromatic carbocycles. The molecule has 0 aliphatic rings. The number of hydrogen-bond donors (Lipinski definition) is 2. The summed E-state index contributed by atoms with van der Waals surface area (Å²) in [4.78, 5) is 19.8. The highest BCUT2D eigenvalue weighted by Gasteiger charge is 2.17. The van der Waals surface area contributed by atoms with E-state index in [2.05, 4.69) is 16.9 Å². The number of halogens is 1. The Morgan fingerprint density at radius 2 is 2.18 bits per heavy atom. The molecule has 2 heterocycles. The molecule has 0 aliphatic heterocycles. The van der Waals surface area contributed by atoms with Gasteiger partial charge in [-0.15, -0.1) is 11.3 Å². The van der Waals surface area contributed by atoms with Crippen LogP contribution in [-0.2, 0) is 6.42 Å². The number of fused-ring (bicyclic) bond motifs is 1. The van der Waals surface area contributed by atoms with E-state index in [0.29, 0.717) is 16.0 Å². The van der Waals surface area contributed by atoms with Gasteiger partial charge in [0.15, 0.2) is 5.01 Å². The standard InChI is InChI=1S/C15H13FN2OS.CH4O/c1-2-3-10-8-20-15(18-10)14(19)12-7-17-13-5-4-9(16)6-11(12)13;1-2/h4-8,17H,2-3H2,1H3;2H,1H3. The number of carbonyl (C=O) groups excluding carboxylic acids is 1. The first-order chi connectivity index (χ1) is 10.7. The summed E-state index contributed by atoms with van der Waals surface area (Å²) in [6, 6.07) is 4.38. The highest BCUT2D eigenvalue weighted by molar-refractivity contribution is 7.12. The van der Waals surface area contributed by atoms with Crippen LogP contribution < -0.4 is 0 Å². The largest absolute Gasteiger partial charge is 0.400 e. The van der Waals surface area contributed by atoms with Crippen molar-refractivity contribution >= 4 is 28.0 Å². The van der Waals surface area contributed by atoms with Crippen molar-refractivity contribution in [3.8, 4) is 0 Å². The lowest BCUT2D eigenvalue weighted by molar-refractivity contribution is 0.104. The van der Waals surface area contributed by atoms with Crippen molar-refractivity contribution in [2.24, 2.45) is 0 Å². The van der Waals surface area contributed by atoms with Crippen molar-refractivity contribution in [2.75, 3.05) is 7.11 Å². The normalized spacial score (nSPS) is 10.4. The van der Waals surface area contributed by atoms with E-state index in [-0.39, 0.29) is 11.6 Å². The van der Waals surface area contributed by atoms with Crippen LogP contribution in [0.2, 0.25) is 0 Å². The maximum Gasteiger partial charge on any atom is 0.223 e. The van der Waals surface area contributed by atoms with Gasteiger partial charge in [0.2, 0.25) is 5.78 Å². The molecule has 0 spiro atoms. The van der Waals surface area contributed by atoms with E-state index >= 15 is 0 Å². The van der Waals surface area contributed by atoms with Crippen LogP contribution in [-0.4, -0.2) is 28.0 Å². The zero-order valence-corrected chi connectivity index (χ0v) is 13.2. The lowest BCUT2D eigenvalue weighted by Crippen LogP contribution is -2.00. The number of aromatic nitrogens is 2. The molecule has 0 aliphatic carbocycles. The first-order valence-electron chi connectivity index (χ1n) is 6.89. The Balaban J connectivity index is 0.000000847. The molecular formula is C16H17FN2O2S. The van der Waals surface area contributed by atoms with Crippen molar-refractivity contribution < 1.29 is 14.3 Å². The molecule has 0 unspecified atom stereocenters. The van der Waals surface area contributed by atoms with Crippen LogP contribution in [0.1, 0.15) is 34.4 Å². The second kappa shape index (κ2) is 7.29. The number of benzene rings is 1. The average Bonchev–Trinajstić information content (AvgIpc) is 3.15. The summed E-state index contributed by atoms with van der Waals surface area (Å²) in [5, 5.41) is 9.97. The molecule has 0 atom stereocenters. The minimum Gasteiger partial charge on any atom is -0.400 e. The van der Waals surface area contributed by atoms with E-state index in [4.69, 9.17) is 5.11 Å². The van der Waals surface area contributed by atoms with Gasteiger partial charge in [-0.1, -0.05) is 13.3 Å². The van der Waals surface area contributed by atoms with Gasteiger partial charge < -0.3 is 10.1 Å². The van der Waals surface area contributed by atoms with Crippen LogP contribution in [0.3, 0.4) is 0 Å². The summed E-state index contributed by atoms with van der Waals surface area (Å²) in [7, 11) is 1.00. The van der Waals surface area contributed by atoms with E-state index in [1.165, 1.54) is 23.5 Å². The van der Waals surface area contributed by atoms with Gasteiger partial charge in [0.25, 0.3) is 0 Å². The van der Waals surface area contributed by atoms with Crippen molar-refractivity contribution in [2.45, 2.75) is 19.8 Å². The molecule has 0 saturated heterocycles. The quantitative estimate of drug-likeness (QED) is 0.722. The van der Waals surface area contributed by atoms with E-state index in [1.54, 1.807) is 12.3 Å². The second-order valence-electron chi connectivity index (χ2n) is 4.62. The predicted octanol–water partition coefficient (Wildman–Crippen LogP) is 3.56. The summed E-state index contributed by atoms with van der Waals surface area (Å²) >= 11 is 1.34. The molecule has 0 radical (unpaired) electrons. The Hall–Kier alpha value is -2.05. The number of hydrogen-bond acceptors (Lipinski definition) is 4. The van der Waals surface area contributed by atoms with Crippen LogP contribution in [0.5, 0.6) is 0 Å². The number of rotatable bonds is 4. The zero-order valence-electron chi connectivity index (χ0n) is 12.4. The number of carbonyl (C=O) groups is 1. The predicted molar refractivity (Wildman–Crippen MR) is 85.9 cm³/mol. The summed E-state index contributed by atoms with van der Waals surface area (Å²) in [6.07, 6.45) is 3.48. The van der Waals surface area contributed by atoms with Crippen molar-refractivity contribution in [3.63, 3.8) is 0 Å². The van der Waals surface area contributed by atoms with Crippen molar-refractivity contribution in [1.82, 2.24) is 9.97 Å². The van der Waals surface area contributed by atoms with E-state index in [0.717, 1.165) is 31.2 Å². The highest BCUT2D eigenvalue weighted by Crippen LogP contribution is 2.23. The van der Waals surface area contributed by atoms with Crippen LogP contribution in [0.15, 0.2) is 29.8 Å². The number of aromatic amines is 1. The molecule has 0 saturated carbocycles. The van der Waals surface area contributed by atoms with Crippen LogP contribution >= 0.6 is 11.3 Å². The van der Waals surface area contributed by atoms with Gasteiger partial charge in [-0.05, 0) is 24.6 Å². The fourth-order valence-corrected chi connectivity index (χ4v) is 2.98. The smallest absolute Gasteiger partial charge is 0.223 e. The maximum atomic E-state index is 13.3. The lowest BCUT2D eigenvalue weighted by Gasteiger charge is -1.96. The molecule has 0 fully saturated rings. The Morgan fingerprint density at radius 1 is 1.41 bits per heavy atom. The molecule has 4 nitrogen and oxygen atoms in total.